The topological polar surface area (TPSA) is 58.3 Å². The molecule has 0 saturated heterocycles. The van der Waals surface area contributed by atoms with Gasteiger partial charge in [0, 0.05) is 18.9 Å². The lowest BCUT2D eigenvalue weighted by Crippen LogP contribution is -2.24. The lowest BCUT2D eigenvalue weighted by molar-refractivity contribution is 0.152. The molecule has 1 saturated carbocycles. The predicted molar refractivity (Wildman–Crippen MR) is 35.5 cm³/mol. The molecule has 4 N–H and O–H groups in total. The van der Waals surface area contributed by atoms with E-state index < -0.39 is 5.60 Å². The van der Waals surface area contributed by atoms with Gasteiger partial charge in [-0.1, -0.05) is 0 Å². The number of nitrogens with two attached hydrogens (primary N) is 1. The first-order valence-electron chi connectivity index (χ1n) is 3.09. The van der Waals surface area contributed by atoms with Crippen LogP contribution in [0, 0.1) is 0 Å². The highest BCUT2D eigenvalue weighted by Gasteiger charge is 2.39. The van der Waals surface area contributed by atoms with Crippen molar-refractivity contribution in [2.24, 2.45) is 5.73 Å². The van der Waals surface area contributed by atoms with Crippen molar-refractivity contribution in [2.75, 3.05) is 6.54 Å². The molecule has 0 radical (unpaired) electrons. The van der Waals surface area contributed by atoms with E-state index in [1.807, 2.05) is 0 Å². The molecule has 0 bridgehead atoms. The van der Waals surface area contributed by atoms with E-state index in [4.69, 9.17) is 5.73 Å². The molecule has 0 atom stereocenters. The molecule has 0 heterocycles. The molecule has 0 amide bonds. The fourth-order valence-corrected chi connectivity index (χ4v) is 0.638. The van der Waals surface area contributed by atoms with Gasteiger partial charge in [-0.3, -0.25) is 0 Å². The maximum atomic E-state index is 9.22. The molecule has 3 nitrogen and oxygen atoms in total. The molecule has 0 aromatic rings. The molecule has 0 aromatic carbocycles. The lowest BCUT2D eigenvalue weighted by atomic mass is 10.3. The van der Waals surface area contributed by atoms with Crippen LogP contribution >= 0.6 is 0 Å². The number of rotatable bonds is 3. The van der Waals surface area contributed by atoms with Gasteiger partial charge in [0.1, 0.15) is 0 Å². The van der Waals surface area contributed by atoms with Gasteiger partial charge in [0.05, 0.1) is 5.60 Å². The Morgan fingerprint density at radius 3 is 2.78 bits per heavy atom. The smallest absolute Gasteiger partial charge is 0.0821 e. The zero-order chi connectivity index (χ0) is 6.74. The second-order valence-corrected chi connectivity index (χ2v) is 2.46. The van der Waals surface area contributed by atoms with Gasteiger partial charge in [0.2, 0.25) is 0 Å². The Morgan fingerprint density at radius 1 is 1.67 bits per heavy atom. The van der Waals surface area contributed by atoms with Crippen LogP contribution in [-0.2, 0) is 0 Å². The molecule has 1 aliphatic carbocycles. The van der Waals surface area contributed by atoms with Crippen LogP contribution < -0.4 is 11.1 Å². The van der Waals surface area contributed by atoms with Gasteiger partial charge < -0.3 is 16.2 Å². The van der Waals surface area contributed by atoms with Gasteiger partial charge in [-0.2, -0.15) is 0 Å². The average Bonchev–Trinajstić information content (AvgIpc) is 2.50. The van der Waals surface area contributed by atoms with E-state index in [-0.39, 0.29) is 0 Å². The third kappa shape index (κ3) is 1.93. The third-order valence-electron chi connectivity index (χ3n) is 1.47. The first-order chi connectivity index (χ1) is 4.27. The Labute approximate surface area is 54.6 Å². The van der Waals surface area contributed by atoms with Crippen LogP contribution in [0.5, 0.6) is 0 Å². The van der Waals surface area contributed by atoms with Crippen LogP contribution in [0.15, 0.2) is 12.4 Å². The van der Waals surface area contributed by atoms with Gasteiger partial charge in [0.25, 0.3) is 0 Å². The van der Waals surface area contributed by atoms with Gasteiger partial charge >= 0.3 is 0 Å². The zero-order valence-corrected chi connectivity index (χ0v) is 5.30. The van der Waals surface area contributed by atoms with Crippen molar-refractivity contribution in [2.45, 2.75) is 18.4 Å². The first-order valence-corrected chi connectivity index (χ1v) is 3.09. The van der Waals surface area contributed by atoms with Crippen molar-refractivity contribution in [3.63, 3.8) is 0 Å². The molecule has 1 fully saturated rings. The summed E-state index contributed by atoms with van der Waals surface area (Å²) in [7, 11) is 0. The molecule has 0 unspecified atom stereocenters. The number of hydrogen-bond acceptors (Lipinski definition) is 3. The van der Waals surface area contributed by atoms with E-state index in [2.05, 4.69) is 5.32 Å². The summed E-state index contributed by atoms with van der Waals surface area (Å²) in [4.78, 5) is 0. The Bertz CT molecular complexity index is 118. The van der Waals surface area contributed by atoms with E-state index in [0.29, 0.717) is 6.54 Å². The molecule has 3 heteroatoms. The highest BCUT2D eigenvalue weighted by atomic mass is 16.3. The molecule has 52 valence electrons. The predicted octanol–water partition coefficient (Wildman–Crippen LogP) is -0.469. The first kappa shape index (κ1) is 6.42. The summed E-state index contributed by atoms with van der Waals surface area (Å²) in [6.45, 7) is 0.626. The monoisotopic (exact) mass is 128 g/mol. The van der Waals surface area contributed by atoms with Crippen molar-refractivity contribution in [1.29, 1.82) is 0 Å². The van der Waals surface area contributed by atoms with Crippen LogP contribution in [0.1, 0.15) is 12.8 Å². The molecule has 1 aliphatic rings. The van der Waals surface area contributed by atoms with E-state index in [9.17, 15) is 5.11 Å². The molecule has 0 aromatic heterocycles. The SMILES string of the molecule is N/C=C/NCC1(O)CC1. The minimum atomic E-state index is -0.417. The summed E-state index contributed by atoms with van der Waals surface area (Å²) in [6.07, 6.45) is 4.89. The summed E-state index contributed by atoms with van der Waals surface area (Å²) in [5.41, 5.74) is 4.64. The number of aliphatic hydroxyl groups is 1. The van der Waals surface area contributed by atoms with Gasteiger partial charge in [0.15, 0.2) is 0 Å². The Hall–Kier alpha value is -0.700. The number of hydrogen-bond donors (Lipinski definition) is 3. The summed E-state index contributed by atoms with van der Waals surface area (Å²) in [6, 6.07) is 0. The highest BCUT2D eigenvalue weighted by Crippen LogP contribution is 2.33. The minimum Gasteiger partial charge on any atom is -0.403 e. The van der Waals surface area contributed by atoms with Crippen LogP contribution in [0.3, 0.4) is 0 Å². The lowest BCUT2D eigenvalue weighted by Gasteiger charge is -2.04. The maximum absolute atomic E-state index is 9.22. The fourth-order valence-electron chi connectivity index (χ4n) is 0.638. The molecule has 9 heavy (non-hydrogen) atoms. The molecule has 1 rings (SSSR count). The quantitative estimate of drug-likeness (QED) is 0.481. The molecule has 0 aliphatic heterocycles. The van der Waals surface area contributed by atoms with Crippen molar-refractivity contribution < 1.29 is 5.11 Å². The van der Waals surface area contributed by atoms with Gasteiger partial charge in [-0.25, -0.2) is 0 Å². The summed E-state index contributed by atoms with van der Waals surface area (Å²) in [5.74, 6) is 0. The largest absolute Gasteiger partial charge is 0.403 e. The normalized spacial score (nSPS) is 22.3. The van der Waals surface area contributed by atoms with E-state index in [1.165, 1.54) is 6.20 Å². The Kier molecular flexibility index (Phi) is 1.62. The van der Waals surface area contributed by atoms with Crippen molar-refractivity contribution in [1.82, 2.24) is 5.32 Å². The van der Waals surface area contributed by atoms with E-state index in [1.54, 1.807) is 6.20 Å². The van der Waals surface area contributed by atoms with E-state index >= 15 is 0 Å². The van der Waals surface area contributed by atoms with Crippen molar-refractivity contribution in [3.05, 3.63) is 12.4 Å². The van der Waals surface area contributed by atoms with Crippen LogP contribution in [0.25, 0.3) is 0 Å². The summed E-state index contributed by atoms with van der Waals surface area (Å²) in [5, 5.41) is 12.1. The summed E-state index contributed by atoms with van der Waals surface area (Å²) < 4.78 is 0. The highest BCUT2D eigenvalue weighted by molar-refractivity contribution is 4.96. The zero-order valence-electron chi connectivity index (χ0n) is 5.30. The molecule has 0 spiro atoms. The third-order valence-corrected chi connectivity index (χ3v) is 1.47. The van der Waals surface area contributed by atoms with Crippen molar-refractivity contribution >= 4 is 0 Å². The Balaban J connectivity index is 2.05. The second kappa shape index (κ2) is 2.27. The fraction of sp³-hybridized carbons (Fsp3) is 0.667. The van der Waals surface area contributed by atoms with Gasteiger partial charge in [-0.15, -0.1) is 0 Å². The van der Waals surface area contributed by atoms with Crippen molar-refractivity contribution in [3.8, 4) is 0 Å². The number of nitrogens with one attached hydrogen (secondary N) is 1. The second-order valence-electron chi connectivity index (χ2n) is 2.46. The standard InChI is InChI=1S/C6H12N2O/c7-3-4-8-5-6(9)1-2-6/h3-4,8-9H,1-2,5,7H2/b4-3+. The molecular weight excluding hydrogens is 116 g/mol. The van der Waals surface area contributed by atoms with Crippen LogP contribution in [0.4, 0.5) is 0 Å². The summed E-state index contributed by atoms with van der Waals surface area (Å²) >= 11 is 0. The average molecular weight is 128 g/mol. The Morgan fingerprint density at radius 2 is 2.33 bits per heavy atom. The molecular formula is C6H12N2O. The maximum Gasteiger partial charge on any atom is 0.0821 e. The van der Waals surface area contributed by atoms with Crippen LogP contribution in [0.2, 0.25) is 0 Å². The minimum absolute atomic E-state index is 0.417. The van der Waals surface area contributed by atoms with E-state index in [0.717, 1.165) is 12.8 Å². The van der Waals surface area contributed by atoms with Gasteiger partial charge in [-0.05, 0) is 12.8 Å². The van der Waals surface area contributed by atoms with Crippen LogP contribution in [-0.4, -0.2) is 17.3 Å².